The Bertz CT molecular complexity index is 1310. The summed E-state index contributed by atoms with van der Waals surface area (Å²) in [6.45, 7) is 0. The maximum Gasteiger partial charge on any atom is 0.0998 e. The standard InChI is InChI=1S/C23H13N/c24-14-18-13-17-10-9-15-5-1-3-7-19(15)22(17)23-20-8-4-2-6-16(20)11-12-21(18)23/h1-13H. The minimum atomic E-state index is 0.735. The van der Waals surface area contributed by atoms with Gasteiger partial charge in [0.2, 0.25) is 0 Å². The van der Waals surface area contributed by atoms with Crippen molar-refractivity contribution in [1.29, 1.82) is 5.26 Å². The lowest BCUT2D eigenvalue weighted by molar-refractivity contribution is 1.51. The van der Waals surface area contributed by atoms with Gasteiger partial charge in [0.15, 0.2) is 0 Å². The smallest absolute Gasteiger partial charge is 0.0998 e. The van der Waals surface area contributed by atoms with Gasteiger partial charge < -0.3 is 0 Å². The van der Waals surface area contributed by atoms with Crippen LogP contribution in [-0.4, -0.2) is 0 Å². The SMILES string of the molecule is N#Cc1cc2ccc3ccccc3c2c2c1ccc1ccccc12. The van der Waals surface area contributed by atoms with E-state index in [1.165, 1.54) is 32.3 Å². The van der Waals surface area contributed by atoms with Crippen molar-refractivity contribution in [2.24, 2.45) is 0 Å². The van der Waals surface area contributed by atoms with Crippen LogP contribution in [0.3, 0.4) is 0 Å². The number of hydrogen-bond donors (Lipinski definition) is 0. The third kappa shape index (κ3) is 1.68. The van der Waals surface area contributed by atoms with Crippen molar-refractivity contribution in [3.63, 3.8) is 0 Å². The third-order valence-electron chi connectivity index (χ3n) is 4.85. The molecule has 24 heavy (non-hydrogen) atoms. The molecule has 0 unspecified atom stereocenters. The topological polar surface area (TPSA) is 23.8 Å². The monoisotopic (exact) mass is 303 g/mol. The fraction of sp³-hybridized carbons (Fsp3) is 0. The predicted octanol–water partition coefficient (Wildman–Crippen LogP) is 6.17. The average molecular weight is 303 g/mol. The molecule has 110 valence electrons. The van der Waals surface area contributed by atoms with Crippen LogP contribution in [0.15, 0.2) is 78.9 Å². The highest BCUT2D eigenvalue weighted by Gasteiger charge is 2.12. The van der Waals surface area contributed by atoms with E-state index >= 15 is 0 Å². The second-order valence-corrected chi connectivity index (χ2v) is 6.13. The molecule has 0 aliphatic rings. The lowest BCUT2D eigenvalue weighted by atomic mass is 9.90. The van der Waals surface area contributed by atoms with E-state index in [2.05, 4.69) is 78.9 Å². The van der Waals surface area contributed by atoms with E-state index in [-0.39, 0.29) is 0 Å². The molecule has 0 aromatic heterocycles. The summed E-state index contributed by atoms with van der Waals surface area (Å²) >= 11 is 0. The molecule has 1 nitrogen and oxygen atoms in total. The molecule has 0 spiro atoms. The minimum absolute atomic E-state index is 0.735. The van der Waals surface area contributed by atoms with Crippen LogP contribution in [0.25, 0.3) is 43.1 Å². The van der Waals surface area contributed by atoms with Gasteiger partial charge in [0.05, 0.1) is 11.6 Å². The second-order valence-electron chi connectivity index (χ2n) is 6.13. The molecule has 0 fully saturated rings. The highest BCUT2D eigenvalue weighted by molar-refractivity contribution is 6.28. The number of nitrogens with zero attached hydrogens (tertiary/aromatic N) is 1. The van der Waals surface area contributed by atoms with E-state index in [9.17, 15) is 5.26 Å². The summed E-state index contributed by atoms with van der Waals surface area (Å²) in [4.78, 5) is 0. The maximum absolute atomic E-state index is 9.63. The van der Waals surface area contributed by atoms with Crippen molar-refractivity contribution in [1.82, 2.24) is 0 Å². The molecular formula is C23H13N. The molecule has 0 saturated carbocycles. The number of hydrogen-bond acceptors (Lipinski definition) is 1. The van der Waals surface area contributed by atoms with Crippen LogP contribution in [0, 0.1) is 11.3 Å². The lowest BCUT2D eigenvalue weighted by Crippen LogP contribution is -1.87. The van der Waals surface area contributed by atoms with Gasteiger partial charge in [-0.05, 0) is 43.8 Å². The first-order chi connectivity index (χ1) is 11.9. The van der Waals surface area contributed by atoms with Crippen molar-refractivity contribution < 1.29 is 0 Å². The fourth-order valence-electron chi connectivity index (χ4n) is 3.78. The molecule has 0 N–H and O–H groups in total. The Hall–Kier alpha value is -3.37. The summed E-state index contributed by atoms with van der Waals surface area (Å²) in [6.07, 6.45) is 0. The van der Waals surface area contributed by atoms with E-state index in [1.54, 1.807) is 0 Å². The van der Waals surface area contributed by atoms with E-state index in [0.29, 0.717) is 0 Å². The van der Waals surface area contributed by atoms with Gasteiger partial charge in [-0.15, -0.1) is 0 Å². The van der Waals surface area contributed by atoms with Crippen LogP contribution in [0.5, 0.6) is 0 Å². The molecule has 5 aromatic carbocycles. The molecule has 1 heteroatoms. The molecule has 0 radical (unpaired) electrons. The van der Waals surface area contributed by atoms with Gasteiger partial charge in [-0.2, -0.15) is 5.26 Å². The first kappa shape index (κ1) is 13.1. The summed E-state index contributed by atoms with van der Waals surface area (Å²) in [7, 11) is 0. The Balaban J connectivity index is 2.21. The lowest BCUT2D eigenvalue weighted by Gasteiger charge is -2.12. The van der Waals surface area contributed by atoms with Gasteiger partial charge >= 0.3 is 0 Å². The molecule has 5 rings (SSSR count). The van der Waals surface area contributed by atoms with Gasteiger partial charge in [-0.25, -0.2) is 0 Å². The zero-order valence-corrected chi connectivity index (χ0v) is 13.0. The molecule has 0 aliphatic carbocycles. The van der Waals surface area contributed by atoms with Crippen LogP contribution in [-0.2, 0) is 0 Å². The summed E-state index contributed by atoms with van der Waals surface area (Å²) in [6, 6.07) is 29.7. The number of rotatable bonds is 0. The summed E-state index contributed by atoms with van der Waals surface area (Å²) < 4.78 is 0. The second kappa shape index (κ2) is 4.81. The third-order valence-corrected chi connectivity index (χ3v) is 4.85. The zero-order chi connectivity index (χ0) is 16.1. The first-order valence-corrected chi connectivity index (χ1v) is 8.03. The van der Waals surface area contributed by atoms with Gasteiger partial charge in [-0.1, -0.05) is 72.8 Å². The van der Waals surface area contributed by atoms with E-state index in [4.69, 9.17) is 0 Å². The van der Waals surface area contributed by atoms with Gasteiger partial charge in [0, 0.05) is 5.39 Å². The molecule has 0 aliphatic heterocycles. The maximum atomic E-state index is 9.63. The highest BCUT2D eigenvalue weighted by Crippen LogP contribution is 2.37. The highest BCUT2D eigenvalue weighted by atomic mass is 14.2. The van der Waals surface area contributed by atoms with Gasteiger partial charge in [0.25, 0.3) is 0 Å². The Morgan fingerprint density at radius 3 is 1.83 bits per heavy atom. The normalized spacial score (nSPS) is 11.3. The van der Waals surface area contributed by atoms with E-state index in [1.807, 2.05) is 6.07 Å². The minimum Gasteiger partial charge on any atom is -0.192 e. The summed E-state index contributed by atoms with van der Waals surface area (Å²) in [5.41, 5.74) is 0.735. The van der Waals surface area contributed by atoms with Crippen LogP contribution < -0.4 is 0 Å². The zero-order valence-electron chi connectivity index (χ0n) is 13.0. The number of nitriles is 1. The number of fused-ring (bicyclic) bond motifs is 7. The van der Waals surface area contributed by atoms with Crippen molar-refractivity contribution in [2.75, 3.05) is 0 Å². The van der Waals surface area contributed by atoms with Crippen LogP contribution in [0.4, 0.5) is 0 Å². The van der Waals surface area contributed by atoms with E-state index in [0.717, 1.165) is 16.3 Å². The van der Waals surface area contributed by atoms with Gasteiger partial charge in [-0.3, -0.25) is 0 Å². The Kier molecular flexibility index (Phi) is 2.63. The first-order valence-electron chi connectivity index (χ1n) is 8.03. The molecular weight excluding hydrogens is 290 g/mol. The van der Waals surface area contributed by atoms with Crippen LogP contribution in [0.1, 0.15) is 5.56 Å². The Morgan fingerprint density at radius 1 is 0.542 bits per heavy atom. The predicted molar refractivity (Wildman–Crippen MR) is 101 cm³/mol. The van der Waals surface area contributed by atoms with Crippen LogP contribution >= 0.6 is 0 Å². The Labute approximate surface area is 139 Å². The largest absolute Gasteiger partial charge is 0.192 e. The summed E-state index contributed by atoms with van der Waals surface area (Å²) in [5, 5.41) is 19.1. The van der Waals surface area contributed by atoms with Crippen molar-refractivity contribution in [2.45, 2.75) is 0 Å². The van der Waals surface area contributed by atoms with Crippen molar-refractivity contribution in [3.8, 4) is 6.07 Å². The quantitative estimate of drug-likeness (QED) is 0.314. The molecule has 0 atom stereocenters. The molecule has 5 aromatic rings. The average Bonchev–Trinajstić information content (AvgIpc) is 2.66. The van der Waals surface area contributed by atoms with Crippen molar-refractivity contribution in [3.05, 3.63) is 84.4 Å². The molecule has 0 bridgehead atoms. The van der Waals surface area contributed by atoms with Crippen molar-refractivity contribution >= 4 is 43.1 Å². The summed E-state index contributed by atoms with van der Waals surface area (Å²) in [5.74, 6) is 0. The van der Waals surface area contributed by atoms with Crippen LogP contribution in [0.2, 0.25) is 0 Å². The molecule has 0 heterocycles. The molecule has 0 amide bonds. The van der Waals surface area contributed by atoms with E-state index < -0.39 is 0 Å². The molecule has 0 saturated heterocycles. The Morgan fingerprint density at radius 2 is 1.12 bits per heavy atom. The van der Waals surface area contributed by atoms with Gasteiger partial charge in [0.1, 0.15) is 0 Å². The number of benzene rings is 5. The fourth-order valence-corrected chi connectivity index (χ4v) is 3.78.